The number of nitrogens with zero attached hydrogens (tertiary/aromatic N) is 1. The molecule has 1 aromatic heterocycles. The second-order valence-corrected chi connectivity index (χ2v) is 5.74. The first-order valence-electron chi connectivity index (χ1n) is 8.48. The SMILES string of the molecule is CCOc1cc(/C=C/c2[nH]c(=O)[nH]c(=O)c2[N+](=O)[O-])ccc1O[C@@H](C)CC. The van der Waals surface area contributed by atoms with Crippen molar-refractivity contribution < 1.29 is 14.4 Å². The van der Waals surface area contributed by atoms with Crippen molar-refractivity contribution in [2.45, 2.75) is 33.3 Å². The van der Waals surface area contributed by atoms with Gasteiger partial charge in [0.2, 0.25) is 0 Å². The maximum absolute atomic E-state index is 11.6. The molecule has 9 nitrogen and oxygen atoms in total. The molecule has 0 spiro atoms. The Hall–Kier alpha value is -3.36. The lowest BCUT2D eigenvalue weighted by atomic mass is 10.1. The summed E-state index contributed by atoms with van der Waals surface area (Å²) < 4.78 is 11.4. The van der Waals surface area contributed by atoms with Gasteiger partial charge in [0.25, 0.3) is 0 Å². The molecule has 0 aliphatic rings. The van der Waals surface area contributed by atoms with Gasteiger partial charge in [-0.3, -0.25) is 19.9 Å². The number of ether oxygens (including phenoxy) is 2. The van der Waals surface area contributed by atoms with Gasteiger partial charge in [0.15, 0.2) is 11.5 Å². The largest absolute Gasteiger partial charge is 0.490 e. The van der Waals surface area contributed by atoms with Crippen LogP contribution in [0.4, 0.5) is 5.69 Å². The summed E-state index contributed by atoms with van der Waals surface area (Å²) in [4.78, 5) is 37.4. The second-order valence-electron chi connectivity index (χ2n) is 5.74. The third-order valence-corrected chi connectivity index (χ3v) is 3.74. The summed E-state index contributed by atoms with van der Waals surface area (Å²) in [5, 5.41) is 11.1. The summed E-state index contributed by atoms with van der Waals surface area (Å²) >= 11 is 0. The van der Waals surface area contributed by atoms with Crippen LogP contribution in [-0.4, -0.2) is 27.6 Å². The second kappa shape index (κ2) is 8.84. The van der Waals surface area contributed by atoms with E-state index in [4.69, 9.17) is 9.47 Å². The molecule has 0 amide bonds. The first-order chi connectivity index (χ1) is 12.8. The molecule has 2 aromatic rings. The van der Waals surface area contributed by atoms with E-state index >= 15 is 0 Å². The summed E-state index contributed by atoms with van der Waals surface area (Å²) in [5.74, 6) is 1.13. The van der Waals surface area contributed by atoms with Crippen molar-refractivity contribution in [3.8, 4) is 11.5 Å². The number of hydrogen-bond donors (Lipinski definition) is 2. The predicted molar refractivity (Wildman–Crippen MR) is 101 cm³/mol. The molecule has 0 bridgehead atoms. The standard InChI is InChI=1S/C18H21N3O6/c1-4-11(3)27-14-9-7-12(10-15(14)26-5-2)6-8-13-16(21(24)25)17(22)20-18(23)19-13/h6-11H,4-5H2,1-3H3,(H2,19,20,22,23)/b8-6+/t11-/m0/s1. The van der Waals surface area contributed by atoms with Crippen molar-refractivity contribution in [3.05, 3.63) is 60.4 Å². The average Bonchev–Trinajstić information content (AvgIpc) is 2.60. The van der Waals surface area contributed by atoms with Crippen LogP contribution in [0.2, 0.25) is 0 Å². The van der Waals surface area contributed by atoms with Crippen LogP contribution in [-0.2, 0) is 0 Å². The molecule has 0 saturated heterocycles. The number of nitro groups is 1. The van der Waals surface area contributed by atoms with E-state index in [1.54, 1.807) is 18.2 Å². The Kier molecular flexibility index (Phi) is 6.53. The van der Waals surface area contributed by atoms with Crippen LogP contribution in [0.3, 0.4) is 0 Å². The maximum Gasteiger partial charge on any atom is 0.357 e. The Morgan fingerprint density at radius 3 is 2.56 bits per heavy atom. The van der Waals surface area contributed by atoms with Crippen molar-refractivity contribution in [3.63, 3.8) is 0 Å². The molecular weight excluding hydrogens is 354 g/mol. The minimum atomic E-state index is -1.06. The Bertz CT molecular complexity index is 960. The van der Waals surface area contributed by atoms with Crippen molar-refractivity contribution >= 4 is 17.8 Å². The molecule has 2 N–H and O–H groups in total. The number of benzene rings is 1. The zero-order chi connectivity index (χ0) is 20.0. The number of hydrogen-bond acceptors (Lipinski definition) is 6. The number of rotatable bonds is 8. The fourth-order valence-corrected chi connectivity index (χ4v) is 2.27. The lowest BCUT2D eigenvalue weighted by molar-refractivity contribution is -0.386. The number of nitrogens with one attached hydrogen (secondary N) is 2. The molecule has 0 aliphatic carbocycles. The van der Waals surface area contributed by atoms with Crippen molar-refractivity contribution in [1.29, 1.82) is 0 Å². The quantitative estimate of drug-likeness (QED) is 0.539. The molecular formula is C18H21N3O6. The summed E-state index contributed by atoms with van der Waals surface area (Å²) in [6.07, 6.45) is 3.70. The van der Waals surface area contributed by atoms with Gasteiger partial charge in [-0.2, -0.15) is 0 Å². The van der Waals surface area contributed by atoms with Crippen LogP contribution < -0.4 is 20.7 Å². The van der Waals surface area contributed by atoms with Gasteiger partial charge in [-0.25, -0.2) is 4.79 Å². The van der Waals surface area contributed by atoms with Gasteiger partial charge in [0, 0.05) is 0 Å². The Balaban J connectivity index is 2.40. The summed E-state index contributed by atoms with van der Waals surface area (Å²) in [6, 6.07) is 5.20. The first-order valence-corrected chi connectivity index (χ1v) is 8.48. The normalized spacial score (nSPS) is 12.1. The van der Waals surface area contributed by atoms with E-state index in [1.807, 2.05) is 25.8 Å². The summed E-state index contributed by atoms with van der Waals surface area (Å²) in [5.41, 5.74) is -2.14. The van der Waals surface area contributed by atoms with Gasteiger partial charge in [0.1, 0.15) is 5.69 Å². The zero-order valence-corrected chi connectivity index (χ0v) is 15.3. The molecule has 0 radical (unpaired) electrons. The molecule has 1 heterocycles. The Morgan fingerprint density at radius 2 is 1.93 bits per heavy atom. The number of H-pyrrole nitrogens is 2. The van der Waals surface area contributed by atoms with Gasteiger partial charge in [-0.15, -0.1) is 0 Å². The maximum atomic E-state index is 11.6. The molecule has 27 heavy (non-hydrogen) atoms. The lowest BCUT2D eigenvalue weighted by Crippen LogP contribution is -2.25. The van der Waals surface area contributed by atoms with Crippen LogP contribution in [0.25, 0.3) is 12.2 Å². The minimum absolute atomic E-state index is 0.0226. The summed E-state index contributed by atoms with van der Waals surface area (Å²) in [7, 11) is 0. The molecule has 144 valence electrons. The van der Waals surface area contributed by atoms with Crippen molar-refractivity contribution in [1.82, 2.24) is 9.97 Å². The number of aromatic nitrogens is 2. The van der Waals surface area contributed by atoms with Gasteiger partial charge in [0.05, 0.1) is 17.6 Å². The first kappa shape index (κ1) is 20.0. The highest BCUT2D eigenvalue weighted by atomic mass is 16.6. The van der Waals surface area contributed by atoms with Crippen molar-refractivity contribution in [2.75, 3.05) is 6.61 Å². The van der Waals surface area contributed by atoms with Gasteiger partial charge in [-0.1, -0.05) is 19.1 Å². The Labute approximate surface area is 154 Å². The molecule has 0 fully saturated rings. The van der Waals surface area contributed by atoms with Crippen LogP contribution in [0, 0.1) is 10.1 Å². The molecule has 9 heteroatoms. The van der Waals surface area contributed by atoms with E-state index in [-0.39, 0.29) is 11.8 Å². The molecule has 0 aliphatic heterocycles. The molecule has 2 rings (SSSR count). The number of aromatic amines is 2. The molecule has 1 atom stereocenters. The van der Waals surface area contributed by atoms with Gasteiger partial charge in [-0.05, 0) is 44.0 Å². The lowest BCUT2D eigenvalue weighted by Gasteiger charge is -2.16. The van der Waals surface area contributed by atoms with Crippen LogP contribution >= 0.6 is 0 Å². The van der Waals surface area contributed by atoms with Crippen molar-refractivity contribution in [2.24, 2.45) is 0 Å². The van der Waals surface area contributed by atoms with E-state index < -0.39 is 21.9 Å². The van der Waals surface area contributed by atoms with Gasteiger partial charge >= 0.3 is 16.9 Å². The zero-order valence-electron chi connectivity index (χ0n) is 15.3. The van der Waals surface area contributed by atoms with E-state index in [2.05, 4.69) is 4.98 Å². The molecule has 0 saturated carbocycles. The van der Waals surface area contributed by atoms with E-state index in [9.17, 15) is 19.7 Å². The monoisotopic (exact) mass is 375 g/mol. The topological polar surface area (TPSA) is 127 Å². The fourth-order valence-electron chi connectivity index (χ4n) is 2.27. The fraction of sp³-hybridized carbons (Fsp3) is 0.333. The van der Waals surface area contributed by atoms with E-state index in [1.165, 1.54) is 12.2 Å². The third kappa shape index (κ3) is 5.06. The highest BCUT2D eigenvalue weighted by Crippen LogP contribution is 2.30. The minimum Gasteiger partial charge on any atom is -0.490 e. The van der Waals surface area contributed by atoms with Gasteiger partial charge < -0.3 is 14.5 Å². The highest BCUT2D eigenvalue weighted by molar-refractivity contribution is 5.72. The third-order valence-electron chi connectivity index (χ3n) is 3.74. The van der Waals surface area contributed by atoms with E-state index in [0.29, 0.717) is 23.7 Å². The summed E-state index contributed by atoms with van der Waals surface area (Å²) in [6.45, 7) is 6.25. The molecule has 1 aromatic carbocycles. The average molecular weight is 375 g/mol. The van der Waals surface area contributed by atoms with Crippen LogP contribution in [0.5, 0.6) is 11.5 Å². The smallest absolute Gasteiger partial charge is 0.357 e. The van der Waals surface area contributed by atoms with Crippen LogP contribution in [0.1, 0.15) is 38.4 Å². The van der Waals surface area contributed by atoms with E-state index in [0.717, 1.165) is 6.42 Å². The Morgan fingerprint density at radius 1 is 1.19 bits per heavy atom. The highest BCUT2D eigenvalue weighted by Gasteiger charge is 2.18. The van der Waals surface area contributed by atoms with Crippen LogP contribution in [0.15, 0.2) is 27.8 Å². The predicted octanol–water partition coefficient (Wildman–Crippen LogP) is 2.72. The molecule has 0 unspecified atom stereocenters.